The highest BCUT2D eigenvalue weighted by atomic mass is 16.7. The van der Waals surface area contributed by atoms with Gasteiger partial charge in [-0.3, -0.25) is 33.7 Å². The van der Waals surface area contributed by atoms with Crippen LogP contribution in [0.2, 0.25) is 0 Å². The number of pyridine rings is 1. The van der Waals surface area contributed by atoms with Crippen molar-refractivity contribution in [1.82, 2.24) is 19.4 Å². The first-order valence-electron chi connectivity index (χ1n) is 15.3. The van der Waals surface area contributed by atoms with E-state index in [0.29, 0.717) is 33.1 Å². The molecular formula is C34H32N4O11. The van der Waals surface area contributed by atoms with E-state index in [2.05, 4.69) is 9.97 Å². The number of nitrogens with zero attached hydrogens (tertiary/aromatic N) is 3. The second kappa shape index (κ2) is 13.0. The second-order valence-corrected chi connectivity index (χ2v) is 11.6. The minimum Gasteiger partial charge on any atom is -0.463 e. The third kappa shape index (κ3) is 6.04. The van der Waals surface area contributed by atoms with Gasteiger partial charge in [-0.2, -0.15) is 0 Å². The maximum atomic E-state index is 13.9. The lowest BCUT2D eigenvalue weighted by Crippen LogP contribution is -2.60. The SMILES string of the molecule is CC(=O)OC[C@H]1O[C@@H](n2cc(C3=C(c4c[nH]c5ncccc45)C(=O)N(C)C3=O)c3ccccc32)[C@H](OC(C)=O)[C@@H](OC(C)=O)[C@@H]1OC(C)=O. The highest BCUT2D eigenvalue weighted by Crippen LogP contribution is 2.43. The molecular weight excluding hydrogens is 640 g/mol. The van der Waals surface area contributed by atoms with Crippen LogP contribution in [0, 0.1) is 0 Å². The highest BCUT2D eigenvalue weighted by Gasteiger charge is 2.53. The third-order valence-electron chi connectivity index (χ3n) is 8.26. The molecule has 0 bridgehead atoms. The number of rotatable bonds is 8. The number of nitrogens with one attached hydrogen (secondary N) is 1. The molecule has 3 aromatic heterocycles. The van der Waals surface area contributed by atoms with Crippen molar-refractivity contribution in [3.8, 4) is 0 Å². The Morgan fingerprint density at radius 1 is 0.796 bits per heavy atom. The molecule has 15 heteroatoms. The van der Waals surface area contributed by atoms with Gasteiger partial charge in [0.25, 0.3) is 11.8 Å². The molecule has 5 atom stereocenters. The minimum atomic E-state index is -1.41. The molecule has 4 aromatic rings. The molecule has 5 heterocycles. The molecule has 2 aliphatic heterocycles. The Kier molecular flexibility index (Phi) is 8.77. The largest absolute Gasteiger partial charge is 0.463 e. The number of imide groups is 1. The standard InChI is InChI=1S/C34H32N4O11/c1-16(39)45-15-25-28(46-17(2)40)29(47-18(3)41)30(48-19(4)42)34(49-25)38-14-23(20-9-6-7-11-24(20)38)27-26(32(43)37(5)33(27)44)22-13-36-31-21(22)10-8-12-35-31/h6-14,25,28-30,34H,15H2,1-5H3,(H,35,36)/t25-,28-,29+,30-,34-/m1/s1. The normalized spacial score (nSPS) is 22.5. The van der Waals surface area contributed by atoms with Crippen LogP contribution in [0.3, 0.4) is 0 Å². The van der Waals surface area contributed by atoms with Crippen LogP contribution in [0.25, 0.3) is 33.1 Å². The summed E-state index contributed by atoms with van der Waals surface area (Å²) in [7, 11) is 1.39. The molecule has 0 radical (unpaired) electrons. The fourth-order valence-electron chi connectivity index (χ4n) is 6.35. The second-order valence-electron chi connectivity index (χ2n) is 11.6. The summed E-state index contributed by atoms with van der Waals surface area (Å²) < 4.78 is 30.1. The molecule has 0 unspecified atom stereocenters. The summed E-state index contributed by atoms with van der Waals surface area (Å²) >= 11 is 0. The zero-order valence-corrected chi connectivity index (χ0v) is 27.1. The zero-order valence-electron chi connectivity index (χ0n) is 27.1. The van der Waals surface area contributed by atoms with Gasteiger partial charge in [0.1, 0.15) is 18.4 Å². The van der Waals surface area contributed by atoms with E-state index in [4.69, 9.17) is 23.7 Å². The number of benzene rings is 1. The summed E-state index contributed by atoms with van der Waals surface area (Å²) in [5.74, 6) is -4.01. The average Bonchev–Trinajstić information content (AvgIpc) is 3.70. The number of aromatic amines is 1. The minimum absolute atomic E-state index is 0.109. The van der Waals surface area contributed by atoms with Gasteiger partial charge in [0.15, 0.2) is 24.5 Å². The van der Waals surface area contributed by atoms with Gasteiger partial charge in [0.2, 0.25) is 0 Å². The zero-order chi connectivity index (χ0) is 35.1. The van der Waals surface area contributed by atoms with Crippen molar-refractivity contribution >= 4 is 68.8 Å². The molecule has 0 aliphatic carbocycles. The molecule has 0 spiro atoms. The predicted molar refractivity (Wildman–Crippen MR) is 170 cm³/mol. The van der Waals surface area contributed by atoms with E-state index in [0.717, 1.165) is 25.7 Å². The number of H-pyrrole nitrogens is 1. The van der Waals surface area contributed by atoms with Crippen molar-refractivity contribution in [2.75, 3.05) is 13.7 Å². The molecule has 1 N–H and O–H groups in total. The summed E-state index contributed by atoms with van der Waals surface area (Å²) in [5.41, 5.74) is 2.11. The van der Waals surface area contributed by atoms with Crippen LogP contribution in [0.5, 0.6) is 0 Å². The molecule has 1 saturated heterocycles. The fourth-order valence-corrected chi connectivity index (χ4v) is 6.35. The van der Waals surface area contributed by atoms with Gasteiger partial charge >= 0.3 is 23.9 Å². The first-order valence-corrected chi connectivity index (χ1v) is 15.3. The number of amides is 2. The Labute approximate surface area is 278 Å². The van der Waals surface area contributed by atoms with Crippen LogP contribution < -0.4 is 0 Å². The quantitative estimate of drug-likeness (QED) is 0.164. The number of ether oxygens (including phenoxy) is 5. The van der Waals surface area contributed by atoms with Gasteiger partial charge in [0, 0.05) is 75.2 Å². The Bertz CT molecular complexity index is 2060. The number of esters is 4. The Balaban J connectivity index is 1.58. The third-order valence-corrected chi connectivity index (χ3v) is 8.26. The fraction of sp³-hybridized carbons (Fsp3) is 0.324. The highest BCUT2D eigenvalue weighted by molar-refractivity contribution is 6.50. The van der Waals surface area contributed by atoms with Gasteiger partial charge in [-0.15, -0.1) is 0 Å². The van der Waals surface area contributed by atoms with Crippen LogP contribution in [0.15, 0.2) is 55.0 Å². The summed E-state index contributed by atoms with van der Waals surface area (Å²) in [4.78, 5) is 84.9. The van der Waals surface area contributed by atoms with Gasteiger partial charge in [-0.1, -0.05) is 18.2 Å². The molecule has 2 amide bonds. The molecule has 6 rings (SSSR count). The van der Waals surface area contributed by atoms with E-state index < -0.39 is 72.9 Å². The van der Waals surface area contributed by atoms with Crippen molar-refractivity contribution in [2.24, 2.45) is 0 Å². The molecule has 1 aromatic carbocycles. The summed E-state index contributed by atoms with van der Waals surface area (Å²) in [5, 5.41) is 1.17. The first kappa shape index (κ1) is 33.1. The lowest BCUT2D eigenvalue weighted by atomic mass is 9.96. The lowest BCUT2D eigenvalue weighted by molar-refractivity contribution is -0.267. The number of hydrogen-bond donors (Lipinski definition) is 1. The van der Waals surface area contributed by atoms with Gasteiger partial charge in [0.05, 0.1) is 16.7 Å². The lowest BCUT2D eigenvalue weighted by Gasteiger charge is -2.44. The van der Waals surface area contributed by atoms with Crippen LogP contribution in [0.4, 0.5) is 0 Å². The number of carbonyl (C=O) groups excluding carboxylic acids is 6. The number of likely N-dealkylation sites (N-methyl/N-ethyl adjacent to an activating group) is 1. The van der Waals surface area contributed by atoms with E-state index in [1.165, 1.54) is 14.0 Å². The van der Waals surface area contributed by atoms with Crippen LogP contribution >= 0.6 is 0 Å². The smallest absolute Gasteiger partial charge is 0.303 e. The van der Waals surface area contributed by atoms with Crippen LogP contribution in [-0.4, -0.2) is 93.2 Å². The average molecular weight is 673 g/mol. The molecule has 49 heavy (non-hydrogen) atoms. The maximum Gasteiger partial charge on any atom is 0.303 e. The number of aromatic nitrogens is 3. The summed E-state index contributed by atoms with van der Waals surface area (Å²) in [6.45, 7) is 4.20. The van der Waals surface area contributed by atoms with E-state index in [-0.39, 0.29) is 11.1 Å². The van der Waals surface area contributed by atoms with Crippen molar-refractivity contribution in [3.63, 3.8) is 0 Å². The summed E-state index contributed by atoms with van der Waals surface area (Å²) in [6.07, 6.45) is -1.85. The predicted octanol–water partition coefficient (Wildman–Crippen LogP) is 2.68. The van der Waals surface area contributed by atoms with Crippen LogP contribution in [0.1, 0.15) is 45.0 Å². The van der Waals surface area contributed by atoms with Crippen molar-refractivity contribution < 1.29 is 52.5 Å². The molecule has 0 saturated carbocycles. The Hall–Kier alpha value is -5.83. The summed E-state index contributed by atoms with van der Waals surface area (Å²) in [6, 6.07) is 10.5. The first-order chi connectivity index (χ1) is 23.4. The maximum absolute atomic E-state index is 13.9. The Morgan fingerprint density at radius 3 is 2.08 bits per heavy atom. The van der Waals surface area contributed by atoms with Gasteiger partial charge in [-0.05, 0) is 18.2 Å². The Morgan fingerprint density at radius 2 is 1.41 bits per heavy atom. The van der Waals surface area contributed by atoms with E-state index >= 15 is 0 Å². The molecule has 1 fully saturated rings. The molecule has 254 valence electrons. The van der Waals surface area contributed by atoms with E-state index in [1.54, 1.807) is 59.6 Å². The number of hydrogen-bond acceptors (Lipinski definition) is 12. The van der Waals surface area contributed by atoms with Crippen molar-refractivity contribution in [2.45, 2.75) is 58.3 Å². The van der Waals surface area contributed by atoms with Gasteiger partial charge < -0.3 is 33.2 Å². The van der Waals surface area contributed by atoms with Crippen LogP contribution in [-0.2, 0) is 52.5 Å². The van der Waals surface area contributed by atoms with Gasteiger partial charge in [-0.25, -0.2) is 4.98 Å². The number of para-hydroxylation sites is 1. The van der Waals surface area contributed by atoms with E-state index in [9.17, 15) is 28.8 Å². The van der Waals surface area contributed by atoms with E-state index in [1.807, 2.05) is 0 Å². The molecule has 15 nitrogen and oxygen atoms in total. The topological polar surface area (TPSA) is 185 Å². The van der Waals surface area contributed by atoms with Crippen molar-refractivity contribution in [1.29, 1.82) is 0 Å². The number of carbonyl (C=O) groups is 6. The number of fused-ring (bicyclic) bond motifs is 2. The van der Waals surface area contributed by atoms with Crippen molar-refractivity contribution in [3.05, 3.63) is 66.1 Å². The monoisotopic (exact) mass is 672 g/mol. The molecule has 2 aliphatic rings.